The fraction of sp³-hybridized carbons (Fsp3) is 0.0714. The average Bonchev–Trinajstić information content (AvgIpc) is 2.97. The second kappa shape index (κ2) is 4.38. The van der Waals surface area contributed by atoms with E-state index in [-0.39, 0.29) is 18.4 Å². The molecule has 4 heteroatoms. The van der Waals surface area contributed by atoms with E-state index in [2.05, 4.69) is 0 Å². The predicted molar refractivity (Wildman–Crippen MR) is 68.5 cm³/mol. The minimum absolute atomic E-state index is 0.204. The van der Waals surface area contributed by atoms with Crippen molar-refractivity contribution in [3.05, 3.63) is 58.0 Å². The van der Waals surface area contributed by atoms with Crippen molar-refractivity contribution in [1.82, 2.24) is 0 Å². The first-order chi connectivity index (χ1) is 8.75. The van der Waals surface area contributed by atoms with Gasteiger partial charge in [-0.3, -0.25) is 0 Å². The Bertz CT molecular complexity index is 629. The number of benzene rings is 1. The summed E-state index contributed by atoms with van der Waals surface area (Å²) in [5.74, 6) is -0.651. The van der Waals surface area contributed by atoms with E-state index in [1.165, 1.54) is 23.5 Å². The summed E-state index contributed by atoms with van der Waals surface area (Å²) in [7, 11) is 0. The van der Waals surface area contributed by atoms with Crippen molar-refractivity contribution in [2.24, 2.45) is 0 Å². The minimum Gasteiger partial charge on any atom is -0.457 e. The van der Waals surface area contributed by atoms with E-state index in [1.807, 2.05) is 17.5 Å². The summed E-state index contributed by atoms with van der Waals surface area (Å²) in [6, 6.07) is 9.96. The van der Waals surface area contributed by atoms with Gasteiger partial charge in [0.2, 0.25) is 0 Å². The summed E-state index contributed by atoms with van der Waals surface area (Å²) in [6.07, 6.45) is 0. The molecule has 0 aliphatic carbocycles. The zero-order valence-corrected chi connectivity index (χ0v) is 10.2. The van der Waals surface area contributed by atoms with Crippen molar-refractivity contribution in [3.8, 4) is 0 Å². The maximum Gasteiger partial charge on any atom is 0.340 e. The lowest BCUT2D eigenvalue weighted by Crippen LogP contribution is -1.96. The van der Waals surface area contributed by atoms with Gasteiger partial charge in [0.25, 0.3) is 0 Å². The summed E-state index contributed by atoms with van der Waals surface area (Å²) in [4.78, 5) is 12.6. The number of carbonyl (C=O) groups is 1. The van der Waals surface area contributed by atoms with E-state index < -0.39 is 0 Å². The van der Waals surface area contributed by atoms with Crippen LogP contribution in [0.15, 0.2) is 41.8 Å². The van der Waals surface area contributed by atoms with Crippen LogP contribution in [0.1, 0.15) is 10.4 Å². The highest BCUT2D eigenvalue weighted by Gasteiger charge is 2.27. The Balaban J connectivity index is 2.16. The van der Waals surface area contributed by atoms with E-state index in [0.29, 0.717) is 11.1 Å². The van der Waals surface area contributed by atoms with E-state index in [0.717, 1.165) is 10.5 Å². The quantitative estimate of drug-likeness (QED) is 0.774. The molecule has 0 saturated heterocycles. The number of esters is 1. The molecule has 2 aromatic rings. The molecule has 0 saturated carbocycles. The van der Waals surface area contributed by atoms with Crippen LogP contribution < -0.4 is 0 Å². The average molecular weight is 260 g/mol. The fourth-order valence-corrected chi connectivity index (χ4v) is 2.76. The Morgan fingerprint density at radius 3 is 2.83 bits per heavy atom. The molecule has 0 bridgehead atoms. The number of rotatable bonds is 2. The van der Waals surface area contributed by atoms with Crippen LogP contribution in [0.3, 0.4) is 0 Å². The maximum absolute atomic E-state index is 13.2. The number of hydrogen-bond donors (Lipinski definition) is 0. The second-order valence-corrected chi connectivity index (χ2v) is 4.87. The monoisotopic (exact) mass is 260 g/mol. The number of halogens is 1. The van der Waals surface area contributed by atoms with Crippen LogP contribution in [0.2, 0.25) is 0 Å². The topological polar surface area (TPSA) is 26.3 Å². The molecule has 1 aliphatic heterocycles. The van der Waals surface area contributed by atoms with E-state index >= 15 is 0 Å². The zero-order chi connectivity index (χ0) is 12.5. The molecule has 18 heavy (non-hydrogen) atoms. The molecule has 0 radical (unpaired) electrons. The standard InChI is InChI=1S/C14H9FO2S/c15-10-4-1-3-9(7-10)11-8-17-14(16)13(11)12-5-2-6-18-12/h1-7H,8H2. The zero-order valence-electron chi connectivity index (χ0n) is 9.35. The fourth-order valence-electron chi connectivity index (χ4n) is 1.98. The molecule has 0 unspecified atom stereocenters. The van der Waals surface area contributed by atoms with Gasteiger partial charge < -0.3 is 4.74 Å². The first kappa shape index (κ1) is 11.2. The van der Waals surface area contributed by atoms with Crippen LogP contribution in [-0.4, -0.2) is 12.6 Å². The molecule has 0 fully saturated rings. The number of ether oxygens (including phenoxy) is 1. The highest BCUT2D eigenvalue weighted by Crippen LogP contribution is 2.34. The second-order valence-electron chi connectivity index (χ2n) is 3.92. The molecule has 0 atom stereocenters. The molecule has 0 spiro atoms. The number of cyclic esters (lactones) is 1. The Labute approximate surface area is 107 Å². The van der Waals surface area contributed by atoms with Crippen molar-refractivity contribution < 1.29 is 13.9 Å². The van der Waals surface area contributed by atoms with E-state index in [9.17, 15) is 9.18 Å². The molecule has 3 rings (SSSR count). The van der Waals surface area contributed by atoms with E-state index in [4.69, 9.17) is 4.74 Å². The van der Waals surface area contributed by atoms with Gasteiger partial charge in [0, 0.05) is 10.5 Å². The van der Waals surface area contributed by atoms with Gasteiger partial charge in [-0.05, 0) is 29.1 Å². The largest absolute Gasteiger partial charge is 0.457 e. The summed E-state index contributed by atoms with van der Waals surface area (Å²) in [6.45, 7) is 0.204. The Morgan fingerprint density at radius 2 is 2.11 bits per heavy atom. The van der Waals surface area contributed by atoms with E-state index in [1.54, 1.807) is 12.1 Å². The number of carbonyl (C=O) groups excluding carboxylic acids is 1. The molecule has 1 aromatic heterocycles. The van der Waals surface area contributed by atoms with Crippen LogP contribution >= 0.6 is 11.3 Å². The lowest BCUT2D eigenvalue weighted by Gasteiger charge is -2.02. The molecule has 0 amide bonds. The summed E-state index contributed by atoms with van der Waals surface area (Å²) in [5.41, 5.74) is 2.00. The van der Waals surface area contributed by atoms with Gasteiger partial charge >= 0.3 is 5.97 Å². The van der Waals surface area contributed by atoms with Crippen molar-refractivity contribution in [2.45, 2.75) is 0 Å². The van der Waals surface area contributed by atoms with Crippen molar-refractivity contribution in [2.75, 3.05) is 6.61 Å². The molecule has 2 heterocycles. The Hall–Kier alpha value is -1.94. The molecule has 2 nitrogen and oxygen atoms in total. The van der Waals surface area contributed by atoms with Gasteiger partial charge in [0.05, 0.1) is 5.57 Å². The van der Waals surface area contributed by atoms with Crippen LogP contribution in [0.4, 0.5) is 4.39 Å². The van der Waals surface area contributed by atoms with Crippen LogP contribution in [0.5, 0.6) is 0 Å². The van der Waals surface area contributed by atoms with Gasteiger partial charge in [-0.25, -0.2) is 9.18 Å². The highest BCUT2D eigenvalue weighted by molar-refractivity contribution is 7.11. The van der Waals surface area contributed by atoms with Crippen molar-refractivity contribution >= 4 is 28.5 Å². The maximum atomic E-state index is 13.2. The molecular formula is C14H9FO2S. The molecule has 1 aliphatic rings. The first-order valence-electron chi connectivity index (χ1n) is 5.46. The van der Waals surface area contributed by atoms with Gasteiger partial charge in [0.15, 0.2) is 0 Å². The first-order valence-corrected chi connectivity index (χ1v) is 6.34. The van der Waals surface area contributed by atoms with Gasteiger partial charge in [0.1, 0.15) is 12.4 Å². The Kier molecular flexibility index (Phi) is 2.72. The summed E-state index contributed by atoms with van der Waals surface area (Å²) < 4.78 is 18.3. The van der Waals surface area contributed by atoms with Crippen LogP contribution in [0, 0.1) is 5.82 Å². The van der Waals surface area contributed by atoms with Gasteiger partial charge in [-0.2, -0.15) is 0 Å². The minimum atomic E-state index is -0.336. The van der Waals surface area contributed by atoms with Crippen molar-refractivity contribution in [1.29, 1.82) is 0 Å². The number of hydrogen-bond acceptors (Lipinski definition) is 3. The SMILES string of the molecule is O=C1OCC(c2cccc(F)c2)=C1c1cccs1. The number of thiophene rings is 1. The lowest BCUT2D eigenvalue weighted by atomic mass is 10.0. The molecule has 1 aromatic carbocycles. The molecular weight excluding hydrogens is 251 g/mol. The highest BCUT2D eigenvalue weighted by atomic mass is 32.1. The smallest absolute Gasteiger partial charge is 0.340 e. The third-order valence-electron chi connectivity index (χ3n) is 2.79. The lowest BCUT2D eigenvalue weighted by molar-refractivity contribution is -0.133. The summed E-state index contributed by atoms with van der Waals surface area (Å²) >= 11 is 1.47. The Morgan fingerprint density at radius 1 is 1.22 bits per heavy atom. The molecule has 0 N–H and O–H groups in total. The van der Waals surface area contributed by atoms with Gasteiger partial charge in [-0.15, -0.1) is 11.3 Å². The molecule has 90 valence electrons. The van der Waals surface area contributed by atoms with Gasteiger partial charge in [-0.1, -0.05) is 18.2 Å². The normalized spacial score (nSPS) is 15.1. The summed E-state index contributed by atoms with van der Waals surface area (Å²) in [5, 5.41) is 1.90. The van der Waals surface area contributed by atoms with Crippen LogP contribution in [0.25, 0.3) is 11.1 Å². The third kappa shape index (κ3) is 1.84. The van der Waals surface area contributed by atoms with Crippen LogP contribution in [-0.2, 0) is 9.53 Å². The predicted octanol–water partition coefficient (Wildman–Crippen LogP) is 3.35. The van der Waals surface area contributed by atoms with Crippen molar-refractivity contribution in [3.63, 3.8) is 0 Å². The third-order valence-corrected chi connectivity index (χ3v) is 3.68.